The zero-order valence-electron chi connectivity index (χ0n) is 10.2. The van der Waals surface area contributed by atoms with Gasteiger partial charge in [-0.3, -0.25) is 0 Å². The Morgan fingerprint density at radius 3 is 2.60 bits per heavy atom. The molecule has 4 heteroatoms. The van der Waals surface area contributed by atoms with Gasteiger partial charge in [-0.2, -0.15) is 11.8 Å². The summed E-state index contributed by atoms with van der Waals surface area (Å²) in [5.41, 5.74) is -0.100. The second-order valence-corrected chi connectivity index (χ2v) is 5.26. The Labute approximate surface area is 98.0 Å². The lowest BCUT2D eigenvalue weighted by Crippen LogP contribution is -2.43. The van der Waals surface area contributed by atoms with Gasteiger partial charge in [-0.1, -0.05) is 6.42 Å². The van der Waals surface area contributed by atoms with E-state index in [4.69, 9.17) is 4.74 Å². The smallest absolute Gasteiger partial charge is 0.0610 e. The van der Waals surface area contributed by atoms with E-state index in [1.807, 2.05) is 18.8 Å². The molecular formula is C11H25NO2S. The van der Waals surface area contributed by atoms with Crippen LogP contribution in [-0.2, 0) is 4.74 Å². The van der Waals surface area contributed by atoms with Gasteiger partial charge in [-0.25, -0.2) is 0 Å². The predicted octanol–water partition coefficient (Wildman–Crippen LogP) is 1.51. The molecule has 1 unspecified atom stereocenters. The lowest BCUT2D eigenvalue weighted by atomic mass is 9.96. The van der Waals surface area contributed by atoms with Crippen molar-refractivity contribution in [3.8, 4) is 0 Å². The van der Waals surface area contributed by atoms with Gasteiger partial charge in [-0.05, 0) is 32.6 Å². The summed E-state index contributed by atoms with van der Waals surface area (Å²) >= 11 is 1.94. The van der Waals surface area contributed by atoms with E-state index in [0.29, 0.717) is 0 Å². The van der Waals surface area contributed by atoms with Crippen LogP contribution in [0.25, 0.3) is 0 Å². The van der Waals surface area contributed by atoms with Crippen molar-refractivity contribution < 1.29 is 9.84 Å². The van der Waals surface area contributed by atoms with Crippen LogP contribution in [0.4, 0.5) is 0 Å². The summed E-state index contributed by atoms with van der Waals surface area (Å²) in [6.45, 7) is 3.11. The Morgan fingerprint density at radius 2 is 2.07 bits per heavy atom. The van der Waals surface area contributed by atoms with Crippen LogP contribution in [-0.4, -0.2) is 49.5 Å². The molecule has 0 amide bonds. The molecule has 0 aromatic carbocycles. The number of rotatable bonds is 10. The first-order valence-electron chi connectivity index (χ1n) is 5.55. The van der Waals surface area contributed by atoms with E-state index < -0.39 is 0 Å². The van der Waals surface area contributed by atoms with E-state index in [1.165, 1.54) is 12.2 Å². The molecule has 0 aromatic heterocycles. The summed E-state index contributed by atoms with van der Waals surface area (Å²) in [6, 6.07) is 0. The molecule has 0 spiro atoms. The molecule has 0 aliphatic rings. The summed E-state index contributed by atoms with van der Waals surface area (Å²) in [7, 11) is 3.64. The molecule has 0 radical (unpaired) electrons. The Kier molecular flexibility index (Phi) is 9.60. The van der Waals surface area contributed by atoms with Gasteiger partial charge < -0.3 is 15.2 Å². The number of ether oxygens (including phenoxy) is 1. The molecule has 0 saturated carbocycles. The molecule has 0 saturated heterocycles. The maximum atomic E-state index is 9.17. The third-order valence-electron chi connectivity index (χ3n) is 2.65. The van der Waals surface area contributed by atoms with E-state index in [2.05, 4.69) is 12.2 Å². The standard InChI is InChI=1S/C11H25NO2S/c1-11(10-13,12-2)6-4-5-8-15-9-7-14-3/h12-13H,4-10H2,1-3H3. The summed E-state index contributed by atoms with van der Waals surface area (Å²) in [5.74, 6) is 2.27. The summed E-state index contributed by atoms with van der Waals surface area (Å²) in [6.07, 6.45) is 3.41. The number of nitrogens with one attached hydrogen (secondary N) is 1. The molecule has 1 atom stereocenters. The molecule has 0 aliphatic carbocycles. The average Bonchev–Trinajstić information content (AvgIpc) is 2.27. The van der Waals surface area contributed by atoms with E-state index in [9.17, 15) is 5.11 Å². The largest absolute Gasteiger partial charge is 0.394 e. The highest BCUT2D eigenvalue weighted by atomic mass is 32.2. The first-order chi connectivity index (χ1) is 7.18. The fraction of sp³-hybridized carbons (Fsp3) is 1.00. The molecule has 92 valence electrons. The number of likely N-dealkylation sites (N-methyl/N-ethyl adjacent to an activating group) is 1. The first-order valence-corrected chi connectivity index (χ1v) is 6.70. The molecule has 2 N–H and O–H groups in total. The van der Waals surface area contributed by atoms with Crippen LogP contribution < -0.4 is 5.32 Å². The summed E-state index contributed by atoms with van der Waals surface area (Å²) < 4.78 is 4.97. The van der Waals surface area contributed by atoms with Crippen LogP contribution in [0.2, 0.25) is 0 Å². The number of aliphatic hydroxyl groups is 1. The lowest BCUT2D eigenvalue weighted by Gasteiger charge is -2.26. The van der Waals surface area contributed by atoms with Crippen molar-refractivity contribution in [1.82, 2.24) is 5.32 Å². The first kappa shape index (κ1) is 15.2. The number of aliphatic hydroxyl groups excluding tert-OH is 1. The van der Waals surface area contributed by atoms with Crippen LogP contribution in [0, 0.1) is 0 Å². The monoisotopic (exact) mass is 235 g/mol. The van der Waals surface area contributed by atoms with Gasteiger partial charge in [0.1, 0.15) is 0 Å². The Hall–Kier alpha value is 0.230. The van der Waals surface area contributed by atoms with E-state index >= 15 is 0 Å². The van der Waals surface area contributed by atoms with Gasteiger partial charge in [0.25, 0.3) is 0 Å². The van der Waals surface area contributed by atoms with Crippen LogP contribution in [0.3, 0.4) is 0 Å². The van der Waals surface area contributed by atoms with Crippen molar-refractivity contribution in [2.24, 2.45) is 0 Å². The number of methoxy groups -OCH3 is 1. The average molecular weight is 235 g/mol. The maximum Gasteiger partial charge on any atom is 0.0610 e. The quantitative estimate of drug-likeness (QED) is 0.563. The molecular weight excluding hydrogens is 210 g/mol. The minimum atomic E-state index is -0.100. The van der Waals surface area contributed by atoms with Gasteiger partial charge in [0.05, 0.1) is 13.2 Å². The van der Waals surface area contributed by atoms with Crippen molar-refractivity contribution >= 4 is 11.8 Å². The zero-order valence-corrected chi connectivity index (χ0v) is 11.0. The fourth-order valence-electron chi connectivity index (χ4n) is 1.25. The predicted molar refractivity (Wildman–Crippen MR) is 67.6 cm³/mol. The van der Waals surface area contributed by atoms with Gasteiger partial charge in [0.15, 0.2) is 0 Å². The van der Waals surface area contributed by atoms with Crippen LogP contribution in [0.15, 0.2) is 0 Å². The van der Waals surface area contributed by atoms with E-state index in [0.717, 1.165) is 25.2 Å². The summed E-state index contributed by atoms with van der Waals surface area (Å²) in [4.78, 5) is 0. The third-order valence-corrected chi connectivity index (χ3v) is 3.68. The zero-order chi connectivity index (χ0) is 11.6. The number of unbranched alkanes of at least 4 members (excludes halogenated alkanes) is 1. The van der Waals surface area contributed by atoms with Gasteiger partial charge >= 0.3 is 0 Å². The Morgan fingerprint density at radius 1 is 1.33 bits per heavy atom. The highest BCUT2D eigenvalue weighted by Crippen LogP contribution is 2.14. The van der Waals surface area contributed by atoms with E-state index in [-0.39, 0.29) is 12.1 Å². The minimum Gasteiger partial charge on any atom is -0.394 e. The third kappa shape index (κ3) is 8.08. The van der Waals surface area contributed by atoms with Crippen LogP contribution >= 0.6 is 11.8 Å². The highest BCUT2D eigenvalue weighted by molar-refractivity contribution is 7.99. The molecule has 0 aliphatic heterocycles. The number of thioether (sulfide) groups is 1. The normalized spacial score (nSPS) is 15.2. The highest BCUT2D eigenvalue weighted by Gasteiger charge is 2.19. The fourth-order valence-corrected chi connectivity index (χ4v) is 2.14. The molecule has 0 aromatic rings. The van der Waals surface area contributed by atoms with Crippen molar-refractivity contribution in [2.45, 2.75) is 31.7 Å². The van der Waals surface area contributed by atoms with Crippen molar-refractivity contribution in [3.05, 3.63) is 0 Å². The van der Waals surface area contributed by atoms with E-state index in [1.54, 1.807) is 7.11 Å². The summed E-state index contributed by atoms with van der Waals surface area (Å²) in [5, 5.41) is 12.3. The van der Waals surface area contributed by atoms with Crippen molar-refractivity contribution in [1.29, 1.82) is 0 Å². The Bertz CT molecular complexity index is 141. The van der Waals surface area contributed by atoms with Crippen molar-refractivity contribution in [2.75, 3.05) is 38.9 Å². The molecule has 15 heavy (non-hydrogen) atoms. The second kappa shape index (κ2) is 9.46. The van der Waals surface area contributed by atoms with Gasteiger partial charge in [-0.15, -0.1) is 0 Å². The van der Waals surface area contributed by atoms with Gasteiger partial charge in [0, 0.05) is 18.4 Å². The molecule has 3 nitrogen and oxygen atoms in total. The molecule has 0 heterocycles. The molecule has 0 bridgehead atoms. The van der Waals surface area contributed by atoms with Crippen LogP contribution in [0.1, 0.15) is 26.2 Å². The molecule has 0 rings (SSSR count). The van der Waals surface area contributed by atoms with Crippen molar-refractivity contribution in [3.63, 3.8) is 0 Å². The second-order valence-electron chi connectivity index (χ2n) is 4.03. The lowest BCUT2D eigenvalue weighted by molar-refractivity contribution is 0.171. The minimum absolute atomic E-state index is 0.100. The topological polar surface area (TPSA) is 41.5 Å². The Balaban J connectivity index is 3.29. The SMILES string of the molecule is CNC(C)(CO)CCCCSCCOC. The number of hydrogen-bond donors (Lipinski definition) is 2. The van der Waals surface area contributed by atoms with Gasteiger partial charge in [0.2, 0.25) is 0 Å². The molecule has 0 fully saturated rings. The number of hydrogen-bond acceptors (Lipinski definition) is 4. The van der Waals surface area contributed by atoms with Crippen LogP contribution in [0.5, 0.6) is 0 Å². The maximum absolute atomic E-state index is 9.17.